The lowest BCUT2D eigenvalue weighted by Crippen LogP contribution is -2.41. The predicted octanol–water partition coefficient (Wildman–Crippen LogP) is 3.01. The molecule has 5 heteroatoms. The zero-order valence-electron chi connectivity index (χ0n) is 14.9. The largest absolute Gasteiger partial charge is 0.341 e. The van der Waals surface area contributed by atoms with Crippen LogP contribution < -0.4 is 5.56 Å². The molecule has 5 nitrogen and oxygen atoms in total. The van der Waals surface area contributed by atoms with Crippen LogP contribution in [-0.2, 0) is 11.3 Å². The highest BCUT2D eigenvalue weighted by Gasteiger charge is 2.22. The lowest BCUT2D eigenvalue weighted by atomic mass is 9.94. The minimum atomic E-state index is -0.198. The van der Waals surface area contributed by atoms with Crippen molar-refractivity contribution in [2.24, 2.45) is 0 Å². The minimum absolute atomic E-state index is 0.0288. The van der Waals surface area contributed by atoms with Gasteiger partial charge in [-0.3, -0.25) is 14.2 Å². The number of nitrogens with zero attached hydrogens (tertiary/aromatic N) is 3. The molecule has 0 unspecified atom stereocenters. The Morgan fingerprint density at radius 1 is 1.20 bits per heavy atom. The molecule has 0 aliphatic heterocycles. The summed E-state index contributed by atoms with van der Waals surface area (Å²) in [7, 11) is 1.84. The summed E-state index contributed by atoms with van der Waals surface area (Å²) >= 11 is 0. The van der Waals surface area contributed by atoms with E-state index in [-0.39, 0.29) is 18.0 Å². The van der Waals surface area contributed by atoms with Gasteiger partial charge in [-0.25, -0.2) is 4.98 Å². The van der Waals surface area contributed by atoms with Crippen LogP contribution >= 0.6 is 0 Å². The average molecular weight is 339 g/mol. The fourth-order valence-electron chi connectivity index (χ4n) is 3.36. The first-order valence-corrected chi connectivity index (χ1v) is 8.94. The van der Waals surface area contributed by atoms with Gasteiger partial charge in [0.05, 0.1) is 12.0 Å². The Bertz CT molecular complexity index is 789. The summed E-state index contributed by atoms with van der Waals surface area (Å²) in [6.45, 7) is 2.07. The van der Waals surface area contributed by atoms with Crippen LogP contribution in [0.2, 0.25) is 0 Å². The Morgan fingerprint density at radius 2 is 1.88 bits per heavy atom. The van der Waals surface area contributed by atoms with Gasteiger partial charge in [-0.15, -0.1) is 0 Å². The number of hydrogen-bond donors (Lipinski definition) is 0. The summed E-state index contributed by atoms with van der Waals surface area (Å²) < 4.78 is 1.39. The molecular weight excluding hydrogens is 314 g/mol. The second kappa shape index (κ2) is 7.64. The third-order valence-electron chi connectivity index (χ3n) is 5.05. The number of hydrogen-bond acceptors (Lipinski definition) is 3. The Labute approximate surface area is 148 Å². The first-order valence-electron chi connectivity index (χ1n) is 8.94. The van der Waals surface area contributed by atoms with Gasteiger partial charge in [0, 0.05) is 24.7 Å². The summed E-state index contributed by atoms with van der Waals surface area (Å²) in [5.74, 6) is -0.0288. The van der Waals surface area contributed by atoms with Crippen molar-refractivity contribution in [3.63, 3.8) is 0 Å². The highest BCUT2D eigenvalue weighted by molar-refractivity contribution is 5.76. The van der Waals surface area contributed by atoms with Gasteiger partial charge in [-0.1, -0.05) is 49.1 Å². The van der Waals surface area contributed by atoms with E-state index in [0.717, 1.165) is 24.0 Å². The Balaban J connectivity index is 1.71. The molecule has 1 heterocycles. The number of amides is 1. The Morgan fingerprint density at radius 3 is 2.52 bits per heavy atom. The van der Waals surface area contributed by atoms with E-state index in [4.69, 9.17) is 0 Å². The molecule has 1 aromatic carbocycles. The molecule has 0 saturated heterocycles. The maximum absolute atomic E-state index is 12.5. The highest BCUT2D eigenvalue weighted by Crippen LogP contribution is 2.21. The molecule has 0 N–H and O–H groups in total. The van der Waals surface area contributed by atoms with Gasteiger partial charge in [0.25, 0.3) is 5.56 Å². The Kier molecular flexibility index (Phi) is 5.31. The molecule has 0 spiro atoms. The van der Waals surface area contributed by atoms with Gasteiger partial charge in [0.1, 0.15) is 6.54 Å². The molecule has 25 heavy (non-hydrogen) atoms. The van der Waals surface area contributed by atoms with Crippen LogP contribution in [0.1, 0.15) is 37.7 Å². The molecular formula is C20H25N3O2. The van der Waals surface area contributed by atoms with Crippen LogP contribution in [-0.4, -0.2) is 33.4 Å². The van der Waals surface area contributed by atoms with Crippen molar-refractivity contribution in [3.8, 4) is 11.3 Å². The summed E-state index contributed by atoms with van der Waals surface area (Å²) in [6, 6.07) is 9.68. The Hall–Kier alpha value is -2.43. The average Bonchev–Trinajstić information content (AvgIpc) is 2.64. The third-order valence-corrected chi connectivity index (χ3v) is 5.05. The normalized spacial score (nSPS) is 15.1. The highest BCUT2D eigenvalue weighted by atomic mass is 16.2. The molecule has 0 atom stereocenters. The number of aryl methyl sites for hydroxylation is 1. The molecule has 1 aliphatic rings. The van der Waals surface area contributed by atoms with Crippen molar-refractivity contribution in [1.29, 1.82) is 0 Å². The fourth-order valence-corrected chi connectivity index (χ4v) is 3.36. The smallest absolute Gasteiger partial charge is 0.254 e. The van der Waals surface area contributed by atoms with E-state index in [2.05, 4.69) is 4.98 Å². The van der Waals surface area contributed by atoms with E-state index in [1.54, 1.807) is 4.90 Å². The van der Waals surface area contributed by atoms with Crippen molar-refractivity contribution >= 4 is 5.91 Å². The van der Waals surface area contributed by atoms with E-state index >= 15 is 0 Å². The predicted molar refractivity (Wildman–Crippen MR) is 98.3 cm³/mol. The van der Waals surface area contributed by atoms with Crippen molar-refractivity contribution in [2.45, 2.75) is 51.6 Å². The summed E-state index contributed by atoms with van der Waals surface area (Å²) in [5.41, 5.74) is 2.50. The second-order valence-electron chi connectivity index (χ2n) is 6.90. The standard InChI is InChI=1S/C20H25N3O2/c1-15-8-10-16(11-9-15)18-12-19(24)23(14-21-18)13-20(25)22(2)17-6-4-3-5-7-17/h8-12,14,17H,3-7,13H2,1-2H3. The van der Waals surface area contributed by atoms with Gasteiger partial charge >= 0.3 is 0 Å². The molecule has 0 radical (unpaired) electrons. The van der Waals surface area contributed by atoms with Crippen molar-refractivity contribution in [1.82, 2.24) is 14.5 Å². The summed E-state index contributed by atoms with van der Waals surface area (Å²) in [5, 5.41) is 0. The van der Waals surface area contributed by atoms with Crippen LogP contribution in [0.15, 0.2) is 41.5 Å². The topological polar surface area (TPSA) is 55.2 Å². The van der Waals surface area contributed by atoms with E-state index < -0.39 is 0 Å². The number of carbonyl (C=O) groups is 1. The van der Waals surface area contributed by atoms with Gasteiger partial charge in [-0.2, -0.15) is 0 Å². The zero-order valence-corrected chi connectivity index (χ0v) is 14.9. The SMILES string of the molecule is Cc1ccc(-c2cc(=O)n(CC(=O)N(C)C3CCCCC3)cn2)cc1. The molecule has 1 amide bonds. The number of benzene rings is 1. The van der Waals surface area contributed by atoms with Crippen LogP contribution in [0, 0.1) is 6.92 Å². The van der Waals surface area contributed by atoms with Gasteiger partial charge in [-0.05, 0) is 19.8 Å². The number of carbonyl (C=O) groups excluding carboxylic acids is 1. The van der Waals surface area contributed by atoms with Gasteiger partial charge < -0.3 is 4.90 Å². The van der Waals surface area contributed by atoms with Gasteiger partial charge in [0.2, 0.25) is 5.91 Å². The maximum Gasteiger partial charge on any atom is 0.254 e. The van der Waals surface area contributed by atoms with Gasteiger partial charge in [0.15, 0.2) is 0 Å². The van der Waals surface area contributed by atoms with E-state index in [1.165, 1.54) is 36.2 Å². The van der Waals surface area contributed by atoms with E-state index in [9.17, 15) is 9.59 Å². The monoisotopic (exact) mass is 339 g/mol. The van der Waals surface area contributed by atoms with E-state index in [0.29, 0.717) is 11.7 Å². The fraction of sp³-hybridized carbons (Fsp3) is 0.450. The molecule has 1 saturated carbocycles. The second-order valence-corrected chi connectivity index (χ2v) is 6.90. The summed E-state index contributed by atoms with van der Waals surface area (Å²) in [6.07, 6.45) is 7.19. The number of likely N-dealkylation sites (N-methyl/N-ethyl adjacent to an activating group) is 1. The van der Waals surface area contributed by atoms with Crippen LogP contribution in [0.4, 0.5) is 0 Å². The summed E-state index contributed by atoms with van der Waals surface area (Å²) in [4.78, 5) is 31.0. The zero-order chi connectivity index (χ0) is 17.8. The van der Waals surface area contributed by atoms with Crippen LogP contribution in [0.5, 0.6) is 0 Å². The lowest BCUT2D eigenvalue weighted by molar-refractivity contribution is -0.133. The molecule has 1 fully saturated rings. The van der Waals surface area contributed by atoms with Crippen molar-refractivity contribution < 1.29 is 4.79 Å². The molecule has 0 bridgehead atoms. The molecule has 3 rings (SSSR count). The van der Waals surface area contributed by atoms with Crippen LogP contribution in [0.3, 0.4) is 0 Å². The van der Waals surface area contributed by atoms with Crippen LogP contribution in [0.25, 0.3) is 11.3 Å². The van der Waals surface area contributed by atoms with Crippen molar-refractivity contribution in [3.05, 3.63) is 52.6 Å². The lowest BCUT2D eigenvalue weighted by Gasteiger charge is -2.31. The minimum Gasteiger partial charge on any atom is -0.341 e. The molecule has 132 valence electrons. The molecule has 1 aliphatic carbocycles. The first kappa shape index (κ1) is 17.4. The molecule has 2 aromatic rings. The number of aromatic nitrogens is 2. The number of rotatable bonds is 4. The van der Waals surface area contributed by atoms with E-state index in [1.807, 2.05) is 38.2 Å². The maximum atomic E-state index is 12.5. The molecule has 1 aromatic heterocycles. The first-order chi connectivity index (χ1) is 12.0. The van der Waals surface area contributed by atoms with Crippen molar-refractivity contribution in [2.75, 3.05) is 7.05 Å². The third kappa shape index (κ3) is 4.16. The quantitative estimate of drug-likeness (QED) is 0.860.